The molecule has 0 bridgehead atoms. The summed E-state index contributed by atoms with van der Waals surface area (Å²) >= 11 is 0. The number of carbonyl (C=O) groups excluding carboxylic acids is 3. The number of piperidine rings is 1. The first-order chi connectivity index (χ1) is 16.9. The van der Waals surface area contributed by atoms with E-state index in [1.54, 1.807) is 18.9 Å². The number of aliphatic hydroxyl groups excluding tert-OH is 1. The molecule has 1 fully saturated rings. The van der Waals surface area contributed by atoms with Crippen LogP contribution in [0.1, 0.15) is 67.7 Å². The Balaban J connectivity index is 2.94. The lowest BCUT2D eigenvalue weighted by Gasteiger charge is -2.39. The molecule has 36 heavy (non-hydrogen) atoms. The van der Waals surface area contributed by atoms with Crippen molar-refractivity contribution in [1.82, 2.24) is 20.4 Å². The van der Waals surface area contributed by atoms with Crippen molar-refractivity contribution in [2.45, 2.75) is 91.9 Å². The Morgan fingerprint density at radius 3 is 2.31 bits per heavy atom. The number of likely N-dealkylation sites (tertiary alicyclic amines) is 1. The molecular weight excluding hydrogens is 460 g/mol. The van der Waals surface area contributed by atoms with Crippen LogP contribution < -0.4 is 10.6 Å². The van der Waals surface area contributed by atoms with Gasteiger partial charge < -0.3 is 25.4 Å². The minimum Gasteiger partial charge on any atom is -0.394 e. The molecule has 9 heteroatoms. The predicted octanol–water partition coefficient (Wildman–Crippen LogP) is 1.94. The van der Waals surface area contributed by atoms with Crippen LogP contribution in [0.25, 0.3) is 0 Å². The average Bonchev–Trinajstić information content (AvgIpc) is 2.83. The van der Waals surface area contributed by atoms with Crippen molar-refractivity contribution in [3.63, 3.8) is 0 Å². The molecule has 0 aliphatic carbocycles. The fourth-order valence-electron chi connectivity index (χ4n) is 4.61. The van der Waals surface area contributed by atoms with Crippen molar-refractivity contribution in [3.8, 4) is 0 Å². The van der Waals surface area contributed by atoms with Crippen molar-refractivity contribution in [2.24, 2.45) is 11.8 Å². The third-order valence-electron chi connectivity index (χ3n) is 6.77. The smallest absolute Gasteiger partial charge is 0.246 e. The van der Waals surface area contributed by atoms with Crippen molar-refractivity contribution in [2.75, 3.05) is 40.0 Å². The Bertz CT molecular complexity index is 738. The van der Waals surface area contributed by atoms with E-state index in [0.29, 0.717) is 18.7 Å². The predicted molar refractivity (Wildman–Crippen MR) is 142 cm³/mol. The van der Waals surface area contributed by atoms with Gasteiger partial charge in [-0.3, -0.25) is 19.3 Å². The molecule has 2 unspecified atom stereocenters. The average molecular weight is 511 g/mol. The van der Waals surface area contributed by atoms with Gasteiger partial charge >= 0.3 is 0 Å². The molecule has 1 rings (SSSR count). The van der Waals surface area contributed by atoms with Crippen LogP contribution in [0.5, 0.6) is 0 Å². The van der Waals surface area contributed by atoms with Crippen LogP contribution >= 0.6 is 0 Å². The lowest BCUT2D eigenvalue weighted by atomic mass is 9.95. The van der Waals surface area contributed by atoms with E-state index in [2.05, 4.69) is 29.4 Å². The molecule has 1 aliphatic heterocycles. The van der Waals surface area contributed by atoms with E-state index in [1.165, 1.54) is 0 Å². The van der Waals surface area contributed by atoms with Gasteiger partial charge in [-0.05, 0) is 52.0 Å². The highest BCUT2D eigenvalue weighted by molar-refractivity contribution is 5.93. The van der Waals surface area contributed by atoms with Gasteiger partial charge in [-0.25, -0.2) is 0 Å². The van der Waals surface area contributed by atoms with Crippen molar-refractivity contribution >= 4 is 17.7 Å². The van der Waals surface area contributed by atoms with Crippen LogP contribution in [0.2, 0.25) is 0 Å². The molecule has 9 nitrogen and oxygen atoms in total. The monoisotopic (exact) mass is 510 g/mol. The normalized spacial score (nSPS) is 18.9. The molecule has 0 saturated carbocycles. The van der Waals surface area contributed by atoms with Gasteiger partial charge in [0, 0.05) is 25.2 Å². The third kappa shape index (κ3) is 9.82. The molecule has 0 aromatic rings. The van der Waals surface area contributed by atoms with Crippen LogP contribution in [-0.4, -0.2) is 96.8 Å². The molecule has 1 aliphatic rings. The fraction of sp³-hybridized carbons (Fsp3) is 0.815. The molecule has 0 aromatic heterocycles. The van der Waals surface area contributed by atoms with E-state index in [1.807, 2.05) is 33.8 Å². The van der Waals surface area contributed by atoms with Crippen molar-refractivity contribution in [1.29, 1.82) is 0 Å². The fourth-order valence-corrected chi connectivity index (χ4v) is 4.61. The van der Waals surface area contributed by atoms with Gasteiger partial charge in [0.25, 0.3) is 0 Å². The molecule has 0 radical (unpaired) electrons. The lowest BCUT2D eigenvalue weighted by molar-refractivity contribution is -0.140. The van der Waals surface area contributed by atoms with Gasteiger partial charge in [-0.2, -0.15) is 0 Å². The number of rotatable bonds is 14. The Kier molecular flexibility index (Phi) is 14.2. The van der Waals surface area contributed by atoms with Gasteiger partial charge in [-0.1, -0.05) is 40.2 Å². The summed E-state index contributed by atoms with van der Waals surface area (Å²) in [4.78, 5) is 43.3. The summed E-state index contributed by atoms with van der Waals surface area (Å²) in [6.45, 7) is 15.5. The first-order valence-electron chi connectivity index (χ1n) is 13.4. The lowest BCUT2D eigenvalue weighted by Crippen LogP contribution is -2.58. The summed E-state index contributed by atoms with van der Waals surface area (Å²) in [5.74, 6) is -0.493. The summed E-state index contributed by atoms with van der Waals surface area (Å²) < 4.78 is 5.17. The zero-order valence-corrected chi connectivity index (χ0v) is 23.7. The van der Waals surface area contributed by atoms with E-state index >= 15 is 0 Å². The quantitative estimate of drug-likeness (QED) is 0.243. The number of amides is 3. The largest absolute Gasteiger partial charge is 0.394 e. The number of ether oxygens (including phenoxy) is 1. The van der Waals surface area contributed by atoms with Gasteiger partial charge in [0.2, 0.25) is 17.7 Å². The Labute approximate surface area is 218 Å². The second-order valence-electron chi connectivity index (χ2n) is 10.7. The van der Waals surface area contributed by atoms with E-state index in [0.717, 1.165) is 25.8 Å². The molecular formula is C27H50N4O5. The summed E-state index contributed by atoms with van der Waals surface area (Å²) in [6, 6.07) is -0.909. The number of carbonyl (C=O) groups is 3. The molecule has 1 heterocycles. The Morgan fingerprint density at radius 1 is 1.08 bits per heavy atom. The third-order valence-corrected chi connectivity index (χ3v) is 6.77. The summed E-state index contributed by atoms with van der Waals surface area (Å²) in [5, 5.41) is 14.6. The highest BCUT2D eigenvalue weighted by Crippen LogP contribution is 2.21. The summed E-state index contributed by atoms with van der Waals surface area (Å²) in [5.41, 5.74) is 0.510. The Hall–Kier alpha value is -1.97. The van der Waals surface area contributed by atoms with Crippen LogP contribution in [0, 0.1) is 11.8 Å². The number of hydrogen-bond acceptors (Lipinski definition) is 6. The maximum absolute atomic E-state index is 13.6. The minimum absolute atomic E-state index is 0.0578. The van der Waals surface area contributed by atoms with Gasteiger partial charge in [0.05, 0.1) is 31.9 Å². The van der Waals surface area contributed by atoms with Crippen LogP contribution in [0.15, 0.2) is 11.6 Å². The molecule has 0 spiro atoms. The topological polar surface area (TPSA) is 111 Å². The van der Waals surface area contributed by atoms with Gasteiger partial charge in [0.1, 0.15) is 6.04 Å². The van der Waals surface area contributed by atoms with E-state index in [9.17, 15) is 14.4 Å². The maximum Gasteiger partial charge on any atom is 0.246 e. The maximum atomic E-state index is 13.6. The second-order valence-corrected chi connectivity index (χ2v) is 10.7. The van der Waals surface area contributed by atoms with Crippen LogP contribution in [-0.2, 0) is 19.1 Å². The minimum atomic E-state index is -0.647. The van der Waals surface area contributed by atoms with E-state index in [-0.39, 0.29) is 60.9 Å². The number of hydrogen-bond donors (Lipinski definition) is 3. The van der Waals surface area contributed by atoms with Gasteiger partial charge in [0.15, 0.2) is 0 Å². The molecule has 3 N–H and O–H groups in total. The number of nitrogens with zero attached hydrogens (tertiary/aromatic N) is 2. The Morgan fingerprint density at radius 2 is 1.75 bits per heavy atom. The highest BCUT2D eigenvalue weighted by Gasteiger charge is 2.35. The first-order valence-corrected chi connectivity index (χ1v) is 13.4. The number of nitrogens with one attached hydrogen (secondary N) is 2. The van der Waals surface area contributed by atoms with Crippen molar-refractivity contribution < 1.29 is 24.2 Å². The molecule has 0 aromatic carbocycles. The molecule has 3 atom stereocenters. The first kappa shape index (κ1) is 32.1. The standard InChI is InChI=1S/C27H50N4O5/c1-18(2)23(17-21(7)25(33)28-12-15-36-16-14-32)30(8)27(35)24(19(3)4)29-26(34)22-11-9-10-13-31(22)20(5)6/h17-20,22-24,32H,9-16H2,1-8H3,(H,28,33)(H,29,34)/b21-17+/t22?,23-,24?/m1/s1. The highest BCUT2D eigenvalue weighted by atomic mass is 16.5. The molecule has 1 saturated heterocycles. The SMILES string of the molecule is C/C(=C\[C@H](C(C)C)N(C)C(=O)C(NC(=O)C1CCCCN1C(C)C)C(C)C)C(=O)NCCOCCO. The van der Waals surface area contributed by atoms with E-state index < -0.39 is 6.04 Å². The summed E-state index contributed by atoms with van der Waals surface area (Å²) in [6.07, 6.45) is 4.71. The van der Waals surface area contributed by atoms with Crippen LogP contribution in [0.4, 0.5) is 0 Å². The molecule has 208 valence electrons. The molecule has 3 amide bonds. The second kappa shape index (κ2) is 16.0. The number of aliphatic hydroxyl groups is 1. The zero-order valence-electron chi connectivity index (χ0n) is 23.7. The van der Waals surface area contributed by atoms with E-state index in [4.69, 9.17) is 9.84 Å². The van der Waals surface area contributed by atoms with Gasteiger partial charge in [-0.15, -0.1) is 0 Å². The van der Waals surface area contributed by atoms with Crippen LogP contribution in [0.3, 0.4) is 0 Å². The zero-order chi connectivity index (χ0) is 27.4. The summed E-state index contributed by atoms with van der Waals surface area (Å²) in [7, 11) is 1.74. The number of likely N-dealkylation sites (N-methyl/N-ethyl adjacent to an activating group) is 1. The van der Waals surface area contributed by atoms with Crippen molar-refractivity contribution in [3.05, 3.63) is 11.6 Å².